The number of benzene rings is 1. The van der Waals surface area contributed by atoms with Crippen LogP contribution in [-0.4, -0.2) is 18.3 Å². The first-order valence-corrected chi connectivity index (χ1v) is 6.58. The number of amides is 1. The molecule has 1 fully saturated rings. The lowest BCUT2D eigenvalue weighted by Crippen LogP contribution is -2.32. The highest BCUT2D eigenvalue weighted by Gasteiger charge is 2.44. The molecule has 1 amide bonds. The van der Waals surface area contributed by atoms with Crippen LogP contribution in [0.15, 0.2) is 28.7 Å². The van der Waals surface area contributed by atoms with Gasteiger partial charge in [0.05, 0.1) is 0 Å². The monoisotopic (exact) mass is 301 g/mol. The van der Waals surface area contributed by atoms with Gasteiger partial charge in [0.2, 0.25) is 5.91 Å². The van der Waals surface area contributed by atoms with Crippen molar-refractivity contribution in [1.82, 2.24) is 5.32 Å². The largest absolute Gasteiger partial charge is 0.354 e. The number of halogens is 2. The lowest BCUT2D eigenvalue weighted by molar-refractivity contribution is -0.118. The van der Waals surface area contributed by atoms with Gasteiger partial charge in [0.1, 0.15) is 5.88 Å². The van der Waals surface area contributed by atoms with Crippen LogP contribution in [-0.2, 0) is 10.2 Å². The Kier molecular flexibility index (Phi) is 3.55. The molecule has 4 heteroatoms. The zero-order valence-electron chi connectivity index (χ0n) is 8.80. The molecule has 0 saturated heterocycles. The normalized spacial score (nSPS) is 16.9. The van der Waals surface area contributed by atoms with E-state index in [1.54, 1.807) is 0 Å². The third-order valence-corrected chi connectivity index (χ3v) is 3.77. The minimum atomic E-state index is -0.0945. The quantitative estimate of drug-likeness (QED) is 0.852. The van der Waals surface area contributed by atoms with Crippen molar-refractivity contribution in [3.8, 4) is 0 Å². The number of hydrogen-bond acceptors (Lipinski definition) is 1. The summed E-state index contributed by atoms with van der Waals surface area (Å²) in [5.74, 6) is -0.0582. The van der Waals surface area contributed by atoms with Crippen molar-refractivity contribution in [2.45, 2.75) is 18.3 Å². The Balaban J connectivity index is 2.05. The van der Waals surface area contributed by atoms with E-state index in [2.05, 4.69) is 33.4 Å². The van der Waals surface area contributed by atoms with E-state index in [0.717, 1.165) is 17.3 Å². The van der Waals surface area contributed by atoms with E-state index < -0.39 is 0 Å². The predicted octanol–water partition coefficient (Wildman–Crippen LogP) is 2.84. The highest BCUT2D eigenvalue weighted by Crippen LogP contribution is 2.48. The van der Waals surface area contributed by atoms with Crippen molar-refractivity contribution in [2.75, 3.05) is 12.4 Å². The molecule has 1 aliphatic carbocycles. The molecule has 0 spiro atoms. The van der Waals surface area contributed by atoms with Crippen molar-refractivity contribution in [1.29, 1.82) is 0 Å². The maximum atomic E-state index is 11.1. The predicted molar refractivity (Wildman–Crippen MR) is 68.8 cm³/mol. The Hall–Kier alpha value is -0.540. The number of nitrogens with one attached hydrogen (secondary N) is 1. The summed E-state index contributed by atoms with van der Waals surface area (Å²) in [5, 5.41) is 2.87. The zero-order valence-corrected chi connectivity index (χ0v) is 11.1. The molecular weight excluding hydrogens is 289 g/mol. The molecule has 1 aromatic carbocycles. The lowest BCUT2D eigenvalue weighted by atomic mass is 9.96. The van der Waals surface area contributed by atoms with Gasteiger partial charge in [0.25, 0.3) is 0 Å². The van der Waals surface area contributed by atoms with Gasteiger partial charge in [-0.15, -0.1) is 11.6 Å². The molecule has 0 radical (unpaired) electrons. The van der Waals surface area contributed by atoms with Crippen molar-refractivity contribution >= 4 is 33.4 Å². The van der Waals surface area contributed by atoms with Crippen molar-refractivity contribution < 1.29 is 4.79 Å². The zero-order chi connectivity index (χ0) is 11.6. The van der Waals surface area contributed by atoms with Gasteiger partial charge in [0, 0.05) is 16.4 Å². The second-order valence-electron chi connectivity index (χ2n) is 4.20. The summed E-state index contributed by atoms with van der Waals surface area (Å²) >= 11 is 8.92. The smallest absolute Gasteiger partial charge is 0.234 e. The second-order valence-corrected chi connectivity index (χ2v) is 5.38. The molecule has 0 unspecified atom stereocenters. The summed E-state index contributed by atoms with van der Waals surface area (Å²) < 4.78 is 1.08. The van der Waals surface area contributed by atoms with E-state index >= 15 is 0 Å². The van der Waals surface area contributed by atoms with Crippen LogP contribution < -0.4 is 5.32 Å². The number of carbonyl (C=O) groups excluding carboxylic acids is 1. The van der Waals surface area contributed by atoms with Gasteiger partial charge in [-0.05, 0) is 30.5 Å². The van der Waals surface area contributed by atoms with Gasteiger partial charge < -0.3 is 5.32 Å². The molecular formula is C12H13BrClNO. The molecule has 0 aromatic heterocycles. The maximum absolute atomic E-state index is 11.1. The molecule has 0 aliphatic heterocycles. The summed E-state index contributed by atoms with van der Waals surface area (Å²) in [6.45, 7) is 0.689. The van der Waals surface area contributed by atoms with Crippen molar-refractivity contribution in [3.05, 3.63) is 34.3 Å². The van der Waals surface area contributed by atoms with Gasteiger partial charge in [-0.3, -0.25) is 4.79 Å². The Morgan fingerprint density at radius 3 is 2.81 bits per heavy atom. The standard InChI is InChI=1S/C12H13BrClNO/c13-10-3-1-2-9(6-10)12(4-5-12)8-15-11(16)7-14/h1-3,6H,4-5,7-8H2,(H,15,16). The Labute approximate surface area is 108 Å². The molecule has 2 nitrogen and oxygen atoms in total. The Morgan fingerprint density at radius 1 is 1.50 bits per heavy atom. The van der Waals surface area contributed by atoms with Crippen LogP contribution in [0.4, 0.5) is 0 Å². The average Bonchev–Trinajstić information content (AvgIpc) is 3.07. The molecule has 1 aliphatic rings. The summed E-state index contributed by atoms with van der Waals surface area (Å²) in [6, 6.07) is 8.28. The fourth-order valence-electron chi connectivity index (χ4n) is 1.85. The molecule has 2 rings (SSSR count). The number of alkyl halides is 1. The molecule has 86 valence electrons. The number of carbonyl (C=O) groups is 1. The Morgan fingerprint density at radius 2 is 2.25 bits per heavy atom. The first kappa shape index (κ1) is 11.9. The van der Waals surface area contributed by atoms with E-state index in [1.807, 2.05) is 12.1 Å². The number of hydrogen-bond donors (Lipinski definition) is 1. The fraction of sp³-hybridized carbons (Fsp3) is 0.417. The SMILES string of the molecule is O=C(CCl)NCC1(c2cccc(Br)c2)CC1. The molecule has 1 aromatic rings. The molecule has 0 atom stereocenters. The second kappa shape index (κ2) is 4.76. The number of rotatable bonds is 4. The van der Waals surface area contributed by atoms with E-state index in [-0.39, 0.29) is 17.2 Å². The van der Waals surface area contributed by atoms with Crippen LogP contribution in [0.2, 0.25) is 0 Å². The van der Waals surface area contributed by atoms with Gasteiger partial charge in [-0.1, -0.05) is 28.1 Å². The lowest BCUT2D eigenvalue weighted by Gasteiger charge is -2.16. The minimum Gasteiger partial charge on any atom is -0.354 e. The first-order valence-electron chi connectivity index (χ1n) is 5.25. The Bertz CT molecular complexity index is 404. The highest BCUT2D eigenvalue weighted by atomic mass is 79.9. The highest BCUT2D eigenvalue weighted by molar-refractivity contribution is 9.10. The summed E-state index contributed by atoms with van der Waals surface area (Å²) in [5.41, 5.74) is 1.43. The molecule has 0 heterocycles. The van der Waals surface area contributed by atoms with Gasteiger partial charge in [-0.25, -0.2) is 0 Å². The molecule has 0 bridgehead atoms. The van der Waals surface area contributed by atoms with Crippen molar-refractivity contribution in [3.63, 3.8) is 0 Å². The third kappa shape index (κ3) is 2.58. The van der Waals surface area contributed by atoms with E-state index in [9.17, 15) is 4.79 Å². The average molecular weight is 303 g/mol. The summed E-state index contributed by atoms with van der Waals surface area (Å²) in [6.07, 6.45) is 2.26. The van der Waals surface area contributed by atoms with E-state index in [0.29, 0.717) is 6.54 Å². The first-order chi connectivity index (χ1) is 7.66. The summed E-state index contributed by atoms with van der Waals surface area (Å²) in [7, 11) is 0. The fourth-order valence-corrected chi connectivity index (χ4v) is 2.35. The van der Waals surface area contributed by atoms with Gasteiger partial charge >= 0.3 is 0 Å². The maximum Gasteiger partial charge on any atom is 0.234 e. The van der Waals surface area contributed by atoms with Crippen LogP contribution in [0.5, 0.6) is 0 Å². The minimum absolute atomic E-state index is 0.0363. The van der Waals surface area contributed by atoms with Crippen LogP contribution in [0.1, 0.15) is 18.4 Å². The van der Waals surface area contributed by atoms with Gasteiger partial charge in [-0.2, -0.15) is 0 Å². The third-order valence-electron chi connectivity index (χ3n) is 3.04. The topological polar surface area (TPSA) is 29.1 Å². The van der Waals surface area contributed by atoms with Crippen LogP contribution >= 0.6 is 27.5 Å². The van der Waals surface area contributed by atoms with Crippen LogP contribution in [0.25, 0.3) is 0 Å². The van der Waals surface area contributed by atoms with Crippen molar-refractivity contribution in [2.24, 2.45) is 0 Å². The summed E-state index contributed by atoms with van der Waals surface area (Å²) in [4.78, 5) is 11.1. The molecule has 16 heavy (non-hydrogen) atoms. The molecule has 1 saturated carbocycles. The van der Waals surface area contributed by atoms with Crippen LogP contribution in [0, 0.1) is 0 Å². The van der Waals surface area contributed by atoms with E-state index in [1.165, 1.54) is 5.56 Å². The van der Waals surface area contributed by atoms with E-state index in [4.69, 9.17) is 11.6 Å². The van der Waals surface area contributed by atoms with Crippen LogP contribution in [0.3, 0.4) is 0 Å². The molecule has 1 N–H and O–H groups in total. The van der Waals surface area contributed by atoms with Gasteiger partial charge in [0.15, 0.2) is 0 Å².